The maximum Gasteiger partial charge on any atom is 0.339 e. The Morgan fingerprint density at radius 1 is 1.22 bits per heavy atom. The zero-order chi connectivity index (χ0) is 18.6. The molecule has 2 atom stereocenters. The molecule has 0 radical (unpaired) electrons. The van der Waals surface area contributed by atoms with Crippen LogP contribution in [-0.2, 0) is 20.8 Å². The summed E-state index contributed by atoms with van der Waals surface area (Å²) in [5.74, 6) is -0.0457. The predicted octanol–water partition coefficient (Wildman–Crippen LogP) is 2.75. The number of fused-ring (bicyclic) bond motifs is 1. The van der Waals surface area contributed by atoms with E-state index in [4.69, 9.17) is 9.47 Å². The van der Waals surface area contributed by atoms with Crippen LogP contribution >= 0.6 is 0 Å². The number of pyridine rings is 1. The van der Waals surface area contributed by atoms with Crippen LogP contribution < -0.4 is 0 Å². The quantitative estimate of drug-likeness (QED) is 0.736. The molecule has 0 spiro atoms. The Kier molecular flexibility index (Phi) is 5.16. The van der Waals surface area contributed by atoms with Crippen molar-refractivity contribution >= 4 is 11.9 Å². The molecule has 0 bridgehead atoms. The third-order valence-corrected chi connectivity index (χ3v) is 5.09. The second-order valence-corrected chi connectivity index (χ2v) is 7.05. The van der Waals surface area contributed by atoms with E-state index in [2.05, 4.69) is 4.98 Å². The van der Waals surface area contributed by atoms with Crippen molar-refractivity contribution in [3.8, 4) is 0 Å². The molecule has 4 rings (SSSR count). The zero-order valence-corrected chi connectivity index (χ0v) is 15.0. The van der Waals surface area contributed by atoms with Gasteiger partial charge in [0.1, 0.15) is 6.10 Å². The number of benzene rings is 1. The number of nitrogens with zero attached hydrogens (tertiary/aromatic N) is 2. The van der Waals surface area contributed by atoms with Gasteiger partial charge in [0, 0.05) is 43.6 Å². The van der Waals surface area contributed by atoms with Crippen LogP contribution in [0.4, 0.5) is 0 Å². The SMILES string of the molecule is O=C1OC(CC(=O)N(Cc2cccnc2)CC2CCOC2)c2ccccc21. The fraction of sp³-hybridized carbons (Fsp3) is 0.381. The van der Waals surface area contributed by atoms with Gasteiger partial charge in [-0.15, -0.1) is 0 Å². The average Bonchev–Trinajstić information content (AvgIpc) is 3.31. The van der Waals surface area contributed by atoms with Crippen LogP contribution in [0, 0.1) is 5.92 Å². The Hall–Kier alpha value is -2.73. The van der Waals surface area contributed by atoms with Gasteiger partial charge >= 0.3 is 5.97 Å². The third-order valence-electron chi connectivity index (χ3n) is 5.09. The van der Waals surface area contributed by atoms with Gasteiger partial charge in [-0.3, -0.25) is 9.78 Å². The smallest absolute Gasteiger partial charge is 0.339 e. The molecule has 6 heteroatoms. The van der Waals surface area contributed by atoms with Crippen LogP contribution in [0.3, 0.4) is 0 Å². The van der Waals surface area contributed by atoms with E-state index in [9.17, 15) is 9.59 Å². The summed E-state index contributed by atoms with van der Waals surface area (Å²) < 4.78 is 10.9. The number of carbonyl (C=O) groups excluding carboxylic acids is 2. The number of amides is 1. The molecule has 6 nitrogen and oxygen atoms in total. The minimum absolute atomic E-state index is 0.0275. The normalized spacial score (nSPS) is 21.0. The van der Waals surface area contributed by atoms with Crippen LogP contribution in [0.15, 0.2) is 48.8 Å². The first kappa shape index (κ1) is 17.7. The standard InChI is InChI=1S/C21H22N2O4/c24-20(10-19-17-5-1-2-6-18(17)21(25)27-19)23(13-16-7-9-26-14-16)12-15-4-3-8-22-11-15/h1-6,8,11,16,19H,7,9-10,12-14H2. The monoisotopic (exact) mass is 366 g/mol. The minimum Gasteiger partial charge on any atom is -0.453 e. The van der Waals surface area contributed by atoms with Crippen molar-refractivity contribution in [3.05, 3.63) is 65.5 Å². The van der Waals surface area contributed by atoms with E-state index in [1.807, 2.05) is 29.2 Å². The van der Waals surface area contributed by atoms with E-state index in [1.165, 1.54) is 0 Å². The molecule has 2 aliphatic rings. The molecule has 2 aromatic rings. The summed E-state index contributed by atoms with van der Waals surface area (Å²) in [5.41, 5.74) is 2.33. The second-order valence-electron chi connectivity index (χ2n) is 7.05. The van der Waals surface area contributed by atoms with Gasteiger partial charge < -0.3 is 14.4 Å². The van der Waals surface area contributed by atoms with Crippen molar-refractivity contribution < 1.29 is 19.1 Å². The lowest BCUT2D eigenvalue weighted by Crippen LogP contribution is -2.36. The van der Waals surface area contributed by atoms with Gasteiger partial charge in [0.2, 0.25) is 5.91 Å². The number of ether oxygens (including phenoxy) is 2. The highest BCUT2D eigenvalue weighted by molar-refractivity contribution is 5.94. The maximum atomic E-state index is 13.1. The van der Waals surface area contributed by atoms with Gasteiger partial charge in [-0.2, -0.15) is 0 Å². The fourth-order valence-corrected chi connectivity index (χ4v) is 3.66. The summed E-state index contributed by atoms with van der Waals surface area (Å²) >= 11 is 0. The van der Waals surface area contributed by atoms with Gasteiger partial charge in [0.15, 0.2) is 0 Å². The summed E-state index contributed by atoms with van der Waals surface area (Å²) in [6.07, 6.45) is 4.08. The summed E-state index contributed by atoms with van der Waals surface area (Å²) in [4.78, 5) is 31.1. The van der Waals surface area contributed by atoms with Gasteiger partial charge in [0.05, 0.1) is 18.6 Å². The summed E-state index contributed by atoms with van der Waals surface area (Å²) in [7, 11) is 0. The first-order valence-corrected chi connectivity index (χ1v) is 9.25. The van der Waals surface area contributed by atoms with Crippen LogP contribution in [-0.4, -0.2) is 41.5 Å². The lowest BCUT2D eigenvalue weighted by atomic mass is 10.0. The van der Waals surface area contributed by atoms with E-state index < -0.39 is 6.10 Å². The first-order valence-electron chi connectivity index (χ1n) is 9.25. The van der Waals surface area contributed by atoms with Crippen LogP contribution in [0.2, 0.25) is 0 Å². The molecule has 3 heterocycles. The average molecular weight is 366 g/mol. The Morgan fingerprint density at radius 3 is 2.89 bits per heavy atom. The van der Waals surface area contributed by atoms with Crippen LogP contribution in [0.1, 0.15) is 40.4 Å². The zero-order valence-electron chi connectivity index (χ0n) is 15.0. The number of carbonyl (C=O) groups is 2. The number of hydrogen-bond donors (Lipinski definition) is 0. The Balaban J connectivity index is 1.49. The Labute approximate surface area is 158 Å². The minimum atomic E-state index is -0.516. The highest BCUT2D eigenvalue weighted by Gasteiger charge is 2.34. The third kappa shape index (κ3) is 4.01. The molecule has 0 N–H and O–H groups in total. The summed E-state index contributed by atoms with van der Waals surface area (Å²) in [6, 6.07) is 11.1. The molecule has 2 unspecified atom stereocenters. The van der Waals surface area contributed by atoms with Gasteiger partial charge in [-0.05, 0) is 24.1 Å². The summed E-state index contributed by atoms with van der Waals surface area (Å²) in [6.45, 7) is 2.55. The first-order chi connectivity index (χ1) is 13.2. The van der Waals surface area contributed by atoms with Crippen molar-refractivity contribution in [2.24, 2.45) is 5.92 Å². The molecule has 27 heavy (non-hydrogen) atoms. The summed E-state index contributed by atoms with van der Waals surface area (Å²) in [5, 5.41) is 0. The maximum absolute atomic E-state index is 13.1. The largest absolute Gasteiger partial charge is 0.453 e. The van der Waals surface area contributed by atoms with Crippen molar-refractivity contribution in [2.45, 2.75) is 25.5 Å². The molecule has 1 amide bonds. The number of rotatable bonds is 6. The number of hydrogen-bond acceptors (Lipinski definition) is 5. The fourth-order valence-electron chi connectivity index (χ4n) is 3.66. The molecular weight excluding hydrogens is 344 g/mol. The van der Waals surface area contributed by atoms with Crippen molar-refractivity contribution in [3.63, 3.8) is 0 Å². The van der Waals surface area contributed by atoms with E-state index in [-0.39, 0.29) is 18.3 Å². The number of cyclic esters (lactones) is 1. The molecule has 1 aromatic carbocycles. The van der Waals surface area contributed by atoms with E-state index >= 15 is 0 Å². The van der Waals surface area contributed by atoms with Gasteiger partial charge in [-0.1, -0.05) is 24.3 Å². The van der Waals surface area contributed by atoms with E-state index in [0.717, 1.165) is 24.2 Å². The molecule has 0 aliphatic carbocycles. The highest BCUT2D eigenvalue weighted by Crippen LogP contribution is 2.33. The predicted molar refractivity (Wildman–Crippen MR) is 97.8 cm³/mol. The van der Waals surface area contributed by atoms with Crippen LogP contribution in [0.5, 0.6) is 0 Å². The second kappa shape index (κ2) is 7.88. The van der Waals surface area contributed by atoms with Gasteiger partial charge in [-0.25, -0.2) is 4.79 Å². The molecule has 140 valence electrons. The van der Waals surface area contributed by atoms with E-state index in [0.29, 0.717) is 31.2 Å². The number of esters is 1. The highest BCUT2D eigenvalue weighted by atomic mass is 16.5. The molecule has 0 saturated carbocycles. The topological polar surface area (TPSA) is 68.7 Å². The van der Waals surface area contributed by atoms with Crippen molar-refractivity contribution in [1.29, 1.82) is 0 Å². The van der Waals surface area contributed by atoms with E-state index in [1.54, 1.807) is 24.5 Å². The Morgan fingerprint density at radius 2 is 2.11 bits per heavy atom. The number of aromatic nitrogens is 1. The van der Waals surface area contributed by atoms with Crippen molar-refractivity contribution in [2.75, 3.05) is 19.8 Å². The molecule has 2 aliphatic heterocycles. The lowest BCUT2D eigenvalue weighted by molar-refractivity contribution is -0.134. The molecule has 1 saturated heterocycles. The molecule has 1 aromatic heterocycles. The van der Waals surface area contributed by atoms with Crippen molar-refractivity contribution in [1.82, 2.24) is 9.88 Å². The molecular formula is C21H22N2O4. The lowest BCUT2D eigenvalue weighted by Gasteiger charge is -2.26. The van der Waals surface area contributed by atoms with Gasteiger partial charge in [0.25, 0.3) is 0 Å². The Bertz CT molecular complexity index is 818. The van der Waals surface area contributed by atoms with Crippen LogP contribution in [0.25, 0.3) is 0 Å². The molecule has 1 fully saturated rings.